The first kappa shape index (κ1) is 9.22. The van der Waals surface area contributed by atoms with Gasteiger partial charge < -0.3 is 14.9 Å². The largest absolute Gasteiger partial charge is 0.466 e. The Labute approximate surface area is 70.5 Å². The molecule has 0 amide bonds. The van der Waals surface area contributed by atoms with Gasteiger partial charge in [0.05, 0.1) is 19.3 Å². The zero-order valence-electron chi connectivity index (χ0n) is 6.86. The monoisotopic (exact) mass is 172 g/mol. The number of methoxy groups -OCH3 is 1. The number of esters is 1. The van der Waals surface area contributed by atoms with E-state index in [-0.39, 0.29) is 0 Å². The van der Waals surface area contributed by atoms with Crippen molar-refractivity contribution in [1.82, 2.24) is 0 Å². The number of carbonyl (C=O) groups excluding carboxylic acids is 1. The van der Waals surface area contributed by atoms with Crippen LogP contribution in [0.1, 0.15) is 12.8 Å². The molecule has 12 heavy (non-hydrogen) atoms. The summed E-state index contributed by atoms with van der Waals surface area (Å²) < 4.78 is 4.47. The minimum Gasteiger partial charge on any atom is -0.466 e. The van der Waals surface area contributed by atoms with Gasteiger partial charge in [-0.15, -0.1) is 0 Å². The molecule has 0 fully saturated rings. The van der Waals surface area contributed by atoms with E-state index in [4.69, 9.17) is 10.2 Å². The van der Waals surface area contributed by atoms with Crippen molar-refractivity contribution in [3.8, 4) is 0 Å². The lowest BCUT2D eigenvalue weighted by molar-refractivity contribution is -0.136. The van der Waals surface area contributed by atoms with Crippen LogP contribution in [0.3, 0.4) is 0 Å². The first-order chi connectivity index (χ1) is 5.65. The summed E-state index contributed by atoms with van der Waals surface area (Å²) in [6.45, 7) is 0. The normalized spacial score (nSPS) is 29.4. The highest BCUT2D eigenvalue weighted by molar-refractivity contribution is 5.88. The predicted molar refractivity (Wildman–Crippen MR) is 41.3 cm³/mol. The third-order valence-corrected chi connectivity index (χ3v) is 1.92. The molecule has 0 aromatic carbocycles. The van der Waals surface area contributed by atoms with Crippen molar-refractivity contribution in [2.45, 2.75) is 25.0 Å². The van der Waals surface area contributed by atoms with Gasteiger partial charge in [-0.05, 0) is 18.9 Å². The Hall–Kier alpha value is -0.870. The van der Waals surface area contributed by atoms with Crippen LogP contribution in [0.2, 0.25) is 0 Å². The Kier molecular flexibility index (Phi) is 2.83. The van der Waals surface area contributed by atoms with Gasteiger partial charge in [-0.3, -0.25) is 0 Å². The van der Waals surface area contributed by atoms with E-state index in [1.807, 2.05) is 0 Å². The van der Waals surface area contributed by atoms with E-state index in [1.54, 1.807) is 0 Å². The maximum Gasteiger partial charge on any atom is 0.333 e. The van der Waals surface area contributed by atoms with Gasteiger partial charge in [-0.25, -0.2) is 4.79 Å². The standard InChI is InChI=1S/C8H12O4/c1-12-8(11)5-2-3-6(9)7(10)4-5/h4,6-7,9-10H,2-3H2,1H3/t6-,7-/m0/s1. The van der Waals surface area contributed by atoms with Crippen molar-refractivity contribution in [2.75, 3.05) is 7.11 Å². The second-order valence-corrected chi connectivity index (χ2v) is 2.78. The molecule has 1 rings (SSSR count). The Balaban J connectivity index is 2.68. The van der Waals surface area contributed by atoms with Crippen LogP contribution in [-0.4, -0.2) is 35.5 Å². The van der Waals surface area contributed by atoms with Gasteiger partial charge in [0.2, 0.25) is 0 Å². The average Bonchev–Trinajstić information content (AvgIpc) is 2.08. The lowest BCUT2D eigenvalue weighted by Gasteiger charge is -2.20. The lowest BCUT2D eigenvalue weighted by Crippen LogP contribution is -2.29. The van der Waals surface area contributed by atoms with Crippen molar-refractivity contribution < 1.29 is 19.7 Å². The van der Waals surface area contributed by atoms with Gasteiger partial charge >= 0.3 is 5.97 Å². The zero-order chi connectivity index (χ0) is 9.14. The molecule has 0 unspecified atom stereocenters. The number of aliphatic hydroxyl groups is 2. The van der Waals surface area contributed by atoms with E-state index in [2.05, 4.69) is 4.74 Å². The third-order valence-electron chi connectivity index (χ3n) is 1.92. The number of carbonyl (C=O) groups is 1. The first-order valence-electron chi connectivity index (χ1n) is 3.80. The van der Waals surface area contributed by atoms with Crippen LogP contribution in [0.25, 0.3) is 0 Å². The van der Waals surface area contributed by atoms with Crippen molar-refractivity contribution >= 4 is 5.97 Å². The maximum absolute atomic E-state index is 10.9. The molecule has 0 aromatic rings. The highest BCUT2D eigenvalue weighted by Crippen LogP contribution is 2.19. The third kappa shape index (κ3) is 1.84. The predicted octanol–water partition coefficient (Wildman–Crippen LogP) is -0.399. The van der Waals surface area contributed by atoms with Crippen molar-refractivity contribution in [1.29, 1.82) is 0 Å². The Morgan fingerprint density at radius 3 is 2.83 bits per heavy atom. The van der Waals surface area contributed by atoms with Crippen LogP contribution >= 0.6 is 0 Å². The summed E-state index contributed by atoms with van der Waals surface area (Å²) in [7, 11) is 1.29. The molecule has 68 valence electrons. The maximum atomic E-state index is 10.9. The molecule has 0 heterocycles. The fraction of sp³-hybridized carbons (Fsp3) is 0.625. The molecule has 0 spiro atoms. The van der Waals surface area contributed by atoms with Gasteiger partial charge in [-0.1, -0.05) is 0 Å². The van der Waals surface area contributed by atoms with Crippen LogP contribution in [0.4, 0.5) is 0 Å². The number of ether oxygens (including phenoxy) is 1. The lowest BCUT2D eigenvalue weighted by atomic mass is 9.95. The second kappa shape index (κ2) is 3.69. The number of hydrogen-bond donors (Lipinski definition) is 2. The summed E-state index contributed by atoms with van der Waals surface area (Å²) in [4.78, 5) is 10.9. The molecular weight excluding hydrogens is 160 g/mol. The summed E-state index contributed by atoms with van der Waals surface area (Å²) in [5.74, 6) is -0.430. The summed E-state index contributed by atoms with van der Waals surface area (Å²) in [6.07, 6.45) is 0.527. The van der Waals surface area contributed by atoms with E-state index < -0.39 is 18.2 Å². The number of rotatable bonds is 1. The molecule has 0 aromatic heterocycles. The van der Waals surface area contributed by atoms with Crippen molar-refractivity contribution in [2.24, 2.45) is 0 Å². The van der Waals surface area contributed by atoms with E-state index >= 15 is 0 Å². The second-order valence-electron chi connectivity index (χ2n) is 2.78. The summed E-state index contributed by atoms with van der Waals surface area (Å²) >= 11 is 0. The van der Waals surface area contributed by atoms with Gasteiger partial charge in [0.25, 0.3) is 0 Å². The van der Waals surface area contributed by atoms with Crippen LogP contribution in [-0.2, 0) is 9.53 Å². The summed E-state index contributed by atoms with van der Waals surface area (Å²) in [6, 6.07) is 0. The fourth-order valence-electron chi connectivity index (χ4n) is 1.18. The highest BCUT2D eigenvalue weighted by atomic mass is 16.5. The van der Waals surface area contributed by atoms with Gasteiger partial charge in [0.15, 0.2) is 0 Å². The number of hydrogen-bond acceptors (Lipinski definition) is 4. The molecule has 0 saturated carbocycles. The van der Waals surface area contributed by atoms with Crippen LogP contribution in [0.5, 0.6) is 0 Å². The molecule has 0 saturated heterocycles. The Morgan fingerprint density at radius 2 is 2.33 bits per heavy atom. The smallest absolute Gasteiger partial charge is 0.333 e. The quantitative estimate of drug-likeness (QED) is 0.528. The Bertz CT molecular complexity index is 209. The summed E-state index contributed by atoms with van der Waals surface area (Å²) in [5.41, 5.74) is 0.440. The topological polar surface area (TPSA) is 66.8 Å². The molecule has 0 bridgehead atoms. The average molecular weight is 172 g/mol. The molecule has 1 aliphatic rings. The fourth-order valence-corrected chi connectivity index (χ4v) is 1.18. The van der Waals surface area contributed by atoms with E-state index in [1.165, 1.54) is 13.2 Å². The van der Waals surface area contributed by atoms with Gasteiger partial charge in [0.1, 0.15) is 0 Å². The molecule has 4 nitrogen and oxygen atoms in total. The van der Waals surface area contributed by atoms with E-state index in [9.17, 15) is 4.79 Å². The Morgan fingerprint density at radius 1 is 1.67 bits per heavy atom. The molecule has 1 aliphatic carbocycles. The zero-order valence-corrected chi connectivity index (χ0v) is 6.86. The van der Waals surface area contributed by atoms with Crippen LogP contribution < -0.4 is 0 Å². The SMILES string of the molecule is COC(=O)C1=C[C@H](O)[C@@H](O)CC1. The van der Waals surface area contributed by atoms with Gasteiger partial charge in [-0.2, -0.15) is 0 Å². The number of aliphatic hydroxyl groups excluding tert-OH is 2. The van der Waals surface area contributed by atoms with Gasteiger partial charge in [0, 0.05) is 5.57 Å². The minimum atomic E-state index is -0.937. The summed E-state index contributed by atoms with van der Waals surface area (Å²) in [5, 5.41) is 18.3. The van der Waals surface area contributed by atoms with E-state index in [0.29, 0.717) is 18.4 Å². The first-order valence-corrected chi connectivity index (χ1v) is 3.80. The molecule has 2 atom stereocenters. The molecule has 4 heteroatoms. The molecule has 0 radical (unpaired) electrons. The highest BCUT2D eigenvalue weighted by Gasteiger charge is 2.23. The van der Waals surface area contributed by atoms with E-state index in [0.717, 1.165) is 0 Å². The molecule has 2 N–H and O–H groups in total. The molecular formula is C8H12O4. The molecule has 0 aliphatic heterocycles. The van der Waals surface area contributed by atoms with Crippen LogP contribution in [0, 0.1) is 0 Å². The minimum absolute atomic E-state index is 0.405. The van der Waals surface area contributed by atoms with Crippen molar-refractivity contribution in [3.05, 3.63) is 11.6 Å². The van der Waals surface area contributed by atoms with Crippen LogP contribution in [0.15, 0.2) is 11.6 Å². The van der Waals surface area contributed by atoms with Crippen molar-refractivity contribution in [3.63, 3.8) is 0 Å².